The van der Waals surface area contributed by atoms with Gasteiger partial charge in [0.1, 0.15) is 5.75 Å². The summed E-state index contributed by atoms with van der Waals surface area (Å²) in [4.78, 5) is 0. The summed E-state index contributed by atoms with van der Waals surface area (Å²) in [5.74, 6) is 1.01. The van der Waals surface area contributed by atoms with E-state index in [1.807, 2.05) is 0 Å². The van der Waals surface area contributed by atoms with Crippen LogP contribution in [0.1, 0.15) is 70.4 Å². The van der Waals surface area contributed by atoms with Gasteiger partial charge < -0.3 is 4.74 Å². The zero-order chi connectivity index (χ0) is 14.8. The first-order valence-electron chi connectivity index (χ1n) is 8.11. The minimum atomic E-state index is 0.368. The van der Waals surface area contributed by atoms with Crippen molar-refractivity contribution < 1.29 is 4.74 Å². The summed E-state index contributed by atoms with van der Waals surface area (Å²) in [6, 6.07) is 6.42. The molecule has 0 N–H and O–H groups in total. The Bertz CT molecular complexity index is 406. The number of ether oxygens (including phenoxy) is 1. The Kier molecular flexibility index (Phi) is 8.10. The number of unbranched alkanes of at least 4 members (excludes halogenated alkanes) is 2. The van der Waals surface area contributed by atoms with Gasteiger partial charge in [-0.1, -0.05) is 51.3 Å². The Morgan fingerprint density at radius 2 is 1.90 bits per heavy atom. The second-order valence-corrected chi connectivity index (χ2v) is 5.54. The molecule has 0 aromatic heterocycles. The molecule has 0 amide bonds. The molecule has 0 fully saturated rings. The standard InChI is InChI=1S/C19H30O/c1-5-8-9-12-18(11-7-3)20-19-14-13-16(4)17(15-19)10-6-2/h6,10,13-15,18H,5,7-9,11-12H2,1-4H3/b10-6-. The van der Waals surface area contributed by atoms with E-state index in [1.54, 1.807) is 0 Å². The molecule has 1 aromatic carbocycles. The van der Waals surface area contributed by atoms with Crippen molar-refractivity contribution in [3.8, 4) is 5.75 Å². The molecule has 1 rings (SSSR count). The lowest BCUT2D eigenvalue weighted by molar-refractivity contribution is 0.176. The van der Waals surface area contributed by atoms with E-state index < -0.39 is 0 Å². The Labute approximate surface area is 125 Å². The third-order valence-corrected chi connectivity index (χ3v) is 3.64. The molecule has 112 valence electrons. The molecule has 0 aliphatic rings. The molecule has 0 saturated heterocycles. The highest BCUT2D eigenvalue weighted by Gasteiger charge is 2.10. The van der Waals surface area contributed by atoms with E-state index >= 15 is 0 Å². The van der Waals surface area contributed by atoms with Gasteiger partial charge in [0.05, 0.1) is 6.10 Å². The van der Waals surface area contributed by atoms with E-state index in [0.717, 1.165) is 12.2 Å². The summed E-state index contributed by atoms with van der Waals surface area (Å²) in [6.45, 7) is 8.68. The molecule has 0 saturated carbocycles. The Balaban J connectivity index is 2.69. The fraction of sp³-hybridized carbons (Fsp3) is 0.579. The van der Waals surface area contributed by atoms with E-state index in [-0.39, 0.29) is 0 Å². The Morgan fingerprint density at radius 1 is 1.10 bits per heavy atom. The second-order valence-electron chi connectivity index (χ2n) is 5.54. The van der Waals surface area contributed by atoms with Crippen molar-refractivity contribution >= 4 is 6.08 Å². The predicted molar refractivity (Wildman–Crippen MR) is 89.4 cm³/mol. The first kappa shape index (κ1) is 16.8. The van der Waals surface area contributed by atoms with Crippen molar-refractivity contribution in [2.24, 2.45) is 0 Å². The van der Waals surface area contributed by atoms with Crippen molar-refractivity contribution in [2.45, 2.75) is 72.3 Å². The van der Waals surface area contributed by atoms with Crippen LogP contribution in [0.3, 0.4) is 0 Å². The molecule has 0 heterocycles. The van der Waals surface area contributed by atoms with E-state index in [4.69, 9.17) is 4.74 Å². The minimum Gasteiger partial charge on any atom is -0.490 e. The summed E-state index contributed by atoms with van der Waals surface area (Å²) in [6.07, 6.45) is 12.0. The number of rotatable bonds is 9. The lowest BCUT2D eigenvalue weighted by Crippen LogP contribution is -2.16. The van der Waals surface area contributed by atoms with Crippen LogP contribution >= 0.6 is 0 Å². The quantitative estimate of drug-likeness (QED) is 0.490. The molecular formula is C19H30O. The molecule has 0 radical (unpaired) electrons. The van der Waals surface area contributed by atoms with Gasteiger partial charge in [0.15, 0.2) is 0 Å². The third-order valence-electron chi connectivity index (χ3n) is 3.64. The van der Waals surface area contributed by atoms with Crippen molar-refractivity contribution in [3.05, 3.63) is 35.4 Å². The van der Waals surface area contributed by atoms with Crippen molar-refractivity contribution in [3.63, 3.8) is 0 Å². The zero-order valence-electron chi connectivity index (χ0n) is 13.6. The minimum absolute atomic E-state index is 0.368. The molecular weight excluding hydrogens is 244 g/mol. The molecule has 1 nitrogen and oxygen atoms in total. The Hall–Kier alpha value is -1.24. The molecule has 1 heteroatoms. The van der Waals surface area contributed by atoms with Crippen LogP contribution in [0, 0.1) is 6.92 Å². The highest BCUT2D eigenvalue weighted by atomic mass is 16.5. The number of allylic oxidation sites excluding steroid dienone is 1. The van der Waals surface area contributed by atoms with Crippen LogP contribution in [0.5, 0.6) is 5.75 Å². The SMILES string of the molecule is C/C=C\c1cc(OC(CCC)CCCCC)ccc1C. The topological polar surface area (TPSA) is 9.23 Å². The highest BCUT2D eigenvalue weighted by molar-refractivity contribution is 5.55. The summed E-state index contributed by atoms with van der Waals surface area (Å²) >= 11 is 0. The summed E-state index contributed by atoms with van der Waals surface area (Å²) in [5, 5.41) is 0. The molecule has 0 aliphatic heterocycles. The van der Waals surface area contributed by atoms with Gasteiger partial charge in [-0.05, 0) is 56.4 Å². The number of hydrogen-bond donors (Lipinski definition) is 0. The fourth-order valence-corrected chi connectivity index (χ4v) is 2.45. The number of aryl methyl sites for hydroxylation is 1. The van der Waals surface area contributed by atoms with Gasteiger partial charge in [-0.3, -0.25) is 0 Å². The average molecular weight is 274 g/mol. The second kappa shape index (κ2) is 9.63. The van der Waals surface area contributed by atoms with Crippen molar-refractivity contribution in [2.75, 3.05) is 0 Å². The van der Waals surface area contributed by atoms with E-state index in [0.29, 0.717) is 6.10 Å². The molecule has 20 heavy (non-hydrogen) atoms. The molecule has 1 unspecified atom stereocenters. The first-order chi connectivity index (χ1) is 9.71. The average Bonchev–Trinajstić information content (AvgIpc) is 2.43. The van der Waals surface area contributed by atoms with E-state index in [1.165, 1.54) is 43.2 Å². The molecule has 0 spiro atoms. The maximum atomic E-state index is 6.21. The summed E-state index contributed by atoms with van der Waals surface area (Å²) < 4.78 is 6.21. The summed E-state index contributed by atoms with van der Waals surface area (Å²) in [5.41, 5.74) is 2.56. The van der Waals surface area contributed by atoms with Crippen LogP contribution in [0.15, 0.2) is 24.3 Å². The van der Waals surface area contributed by atoms with Crippen LogP contribution in [0.4, 0.5) is 0 Å². The molecule has 1 aromatic rings. The largest absolute Gasteiger partial charge is 0.490 e. The van der Waals surface area contributed by atoms with Crippen molar-refractivity contribution in [1.82, 2.24) is 0 Å². The van der Waals surface area contributed by atoms with Crippen molar-refractivity contribution in [1.29, 1.82) is 0 Å². The molecule has 0 bridgehead atoms. The highest BCUT2D eigenvalue weighted by Crippen LogP contribution is 2.22. The maximum Gasteiger partial charge on any atom is 0.120 e. The lowest BCUT2D eigenvalue weighted by atomic mass is 10.1. The van der Waals surface area contributed by atoms with Gasteiger partial charge >= 0.3 is 0 Å². The first-order valence-corrected chi connectivity index (χ1v) is 8.11. The maximum absolute atomic E-state index is 6.21. The van der Waals surface area contributed by atoms with Crippen LogP contribution in [-0.4, -0.2) is 6.10 Å². The van der Waals surface area contributed by atoms with E-state index in [9.17, 15) is 0 Å². The van der Waals surface area contributed by atoms with Gasteiger partial charge in [0, 0.05) is 0 Å². The third kappa shape index (κ3) is 5.81. The van der Waals surface area contributed by atoms with Gasteiger partial charge in [-0.25, -0.2) is 0 Å². The Morgan fingerprint density at radius 3 is 2.55 bits per heavy atom. The monoisotopic (exact) mass is 274 g/mol. The lowest BCUT2D eigenvalue weighted by Gasteiger charge is -2.19. The summed E-state index contributed by atoms with van der Waals surface area (Å²) in [7, 11) is 0. The van der Waals surface area contributed by atoms with Gasteiger partial charge in [-0.15, -0.1) is 0 Å². The number of hydrogen-bond acceptors (Lipinski definition) is 1. The normalized spacial score (nSPS) is 12.8. The van der Waals surface area contributed by atoms with Gasteiger partial charge in [0.25, 0.3) is 0 Å². The van der Waals surface area contributed by atoms with Crippen LogP contribution < -0.4 is 4.74 Å². The predicted octanol–water partition coefficient (Wildman–Crippen LogP) is 6.16. The van der Waals surface area contributed by atoms with E-state index in [2.05, 4.69) is 58.0 Å². The van der Waals surface area contributed by atoms with Crippen LogP contribution in [0.2, 0.25) is 0 Å². The fourth-order valence-electron chi connectivity index (χ4n) is 2.45. The zero-order valence-corrected chi connectivity index (χ0v) is 13.6. The van der Waals surface area contributed by atoms with Gasteiger partial charge in [0.2, 0.25) is 0 Å². The van der Waals surface area contributed by atoms with Crippen LogP contribution in [-0.2, 0) is 0 Å². The molecule has 0 aliphatic carbocycles. The van der Waals surface area contributed by atoms with Gasteiger partial charge in [-0.2, -0.15) is 0 Å². The number of benzene rings is 1. The van der Waals surface area contributed by atoms with Crippen LogP contribution in [0.25, 0.3) is 6.08 Å². The smallest absolute Gasteiger partial charge is 0.120 e. The molecule has 1 atom stereocenters.